The van der Waals surface area contributed by atoms with Crippen molar-refractivity contribution in [2.24, 2.45) is 0 Å². The molecule has 1 N–H and O–H groups in total. The van der Waals surface area contributed by atoms with Gasteiger partial charge in [0.25, 0.3) is 5.91 Å². The minimum Gasteiger partial charge on any atom is -0.322 e. The Morgan fingerprint density at radius 3 is 2.71 bits per heavy atom. The molecule has 0 bridgehead atoms. The number of carbonyl (C=O) groups excluding carboxylic acids is 1. The van der Waals surface area contributed by atoms with Gasteiger partial charge in [-0.25, -0.2) is 9.50 Å². The minimum atomic E-state index is -0.190. The van der Waals surface area contributed by atoms with Crippen molar-refractivity contribution in [1.29, 1.82) is 0 Å². The van der Waals surface area contributed by atoms with E-state index in [2.05, 4.69) is 22.5 Å². The fraction of sp³-hybridized carbons (Fsp3) is 0.174. The van der Waals surface area contributed by atoms with Crippen molar-refractivity contribution in [2.75, 3.05) is 5.32 Å². The third-order valence-corrected chi connectivity index (χ3v) is 5.32. The lowest BCUT2D eigenvalue weighted by Gasteiger charge is -2.08. The van der Waals surface area contributed by atoms with Crippen LogP contribution in [0.5, 0.6) is 0 Å². The maximum atomic E-state index is 12.9. The van der Waals surface area contributed by atoms with Crippen molar-refractivity contribution in [2.45, 2.75) is 26.2 Å². The molecule has 5 heteroatoms. The van der Waals surface area contributed by atoms with Gasteiger partial charge in [0.05, 0.1) is 11.9 Å². The molecular weight excluding hydrogens is 348 g/mol. The van der Waals surface area contributed by atoms with Crippen molar-refractivity contribution in [1.82, 2.24) is 14.6 Å². The second-order valence-electron chi connectivity index (χ2n) is 7.23. The first kappa shape index (κ1) is 16.7. The van der Waals surface area contributed by atoms with Gasteiger partial charge in [-0.2, -0.15) is 5.10 Å². The topological polar surface area (TPSA) is 59.3 Å². The standard InChI is InChI=1S/C23H20N4O/c1-15-12-21(17-6-3-2-4-7-17)26-22-20(14-24-27(15)22)23(28)25-19-11-10-16-8-5-9-18(16)13-19/h2-4,6-7,10-14H,5,8-9H2,1H3,(H,25,28). The van der Waals surface area contributed by atoms with Crippen molar-refractivity contribution < 1.29 is 4.79 Å². The second-order valence-corrected chi connectivity index (χ2v) is 7.23. The fourth-order valence-corrected chi connectivity index (χ4v) is 3.88. The molecule has 0 atom stereocenters. The van der Waals surface area contributed by atoms with Crippen LogP contribution in [0.4, 0.5) is 5.69 Å². The number of fused-ring (bicyclic) bond motifs is 2. The van der Waals surface area contributed by atoms with Gasteiger partial charge >= 0.3 is 0 Å². The lowest BCUT2D eigenvalue weighted by Crippen LogP contribution is -2.12. The molecule has 0 saturated carbocycles. The highest BCUT2D eigenvalue weighted by atomic mass is 16.1. The fourth-order valence-electron chi connectivity index (χ4n) is 3.88. The van der Waals surface area contributed by atoms with Crippen molar-refractivity contribution in [3.05, 3.63) is 83.2 Å². The van der Waals surface area contributed by atoms with Gasteiger partial charge in [-0.05, 0) is 55.5 Å². The molecule has 0 spiro atoms. The summed E-state index contributed by atoms with van der Waals surface area (Å²) >= 11 is 0. The Morgan fingerprint density at radius 2 is 1.86 bits per heavy atom. The van der Waals surface area contributed by atoms with Crippen LogP contribution in [0.2, 0.25) is 0 Å². The Balaban J connectivity index is 1.51. The number of carbonyl (C=O) groups is 1. The van der Waals surface area contributed by atoms with Crippen LogP contribution < -0.4 is 5.32 Å². The van der Waals surface area contributed by atoms with E-state index in [1.165, 1.54) is 17.5 Å². The highest BCUT2D eigenvalue weighted by Crippen LogP contribution is 2.26. The van der Waals surface area contributed by atoms with Crippen LogP contribution in [0, 0.1) is 6.92 Å². The predicted octanol–water partition coefficient (Wildman–Crippen LogP) is 4.45. The molecular formula is C23H20N4O. The molecule has 1 amide bonds. The minimum absolute atomic E-state index is 0.190. The van der Waals surface area contributed by atoms with Gasteiger partial charge in [-0.1, -0.05) is 36.4 Å². The monoisotopic (exact) mass is 368 g/mol. The summed E-state index contributed by atoms with van der Waals surface area (Å²) in [6, 6.07) is 18.1. The van der Waals surface area contributed by atoms with E-state index in [4.69, 9.17) is 4.98 Å². The molecule has 5 rings (SSSR count). The van der Waals surface area contributed by atoms with Crippen LogP contribution in [0.25, 0.3) is 16.9 Å². The predicted molar refractivity (Wildman–Crippen MR) is 110 cm³/mol. The molecule has 28 heavy (non-hydrogen) atoms. The zero-order valence-electron chi connectivity index (χ0n) is 15.6. The van der Waals surface area contributed by atoms with E-state index in [0.717, 1.165) is 35.5 Å². The average molecular weight is 368 g/mol. The third-order valence-electron chi connectivity index (χ3n) is 5.32. The van der Waals surface area contributed by atoms with Crippen molar-refractivity contribution in [3.8, 4) is 11.3 Å². The van der Waals surface area contributed by atoms with Crippen LogP contribution in [-0.2, 0) is 12.8 Å². The first-order chi connectivity index (χ1) is 13.7. The van der Waals surface area contributed by atoms with Gasteiger partial charge in [0.1, 0.15) is 5.56 Å². The average Bonchev–Trinajstić information content (AvgIpc) is 3.35. The molecule has 2 heterocycles. The van der Waals surface area contributed by atoms with Gasteiger partial charge < -0.3 is 5.32 Å². The summed E-state index contributed by atoms with van der Waals surface area (Å²) in [6.07, 6.45) is 4.99. The summed E-state index contributed by atoms with van der Waals surface area (Å²) in [4.78, 5) is 17.7. The van der Waals surface area contributed by atoms with Crippen molar-refractivity contribution in [3.63, 3.8) is 0 Å². The number of hydrogen-bond donors (Lipinski definition) is 1. The number of nitrogens with zero attached hydrogens (tertiary/aromatic N) is 3. The Kier molecular flexibility index (Phi) is 3.93. The van der Waals surface area contributed by atoms with E-state index in [1.54, 1.807) is 10.7 Å². The van der Waals surface area contributed by atoms with Gasteiger partial charge in [-0.3, -0.25) is 4.79 Å². The van der Waals surface area contributed by atoms with E-state index in [9.17, 15) is 4.79 Å². The normalized spacial score (nSPS) is 12.9. The largest absolute Gasteiger partial charge is 0.322 e. The van der Waals surface area contributed by atoms with Gasteiger partial charge in [0, 0.05) is 16.9 Å². The van der Waals surface area contributed by atoms with Crippen LogP contribution in [0.15, 0.2) is 60.8 Å². The van der Waals surface area contributed by atoms with Gasteiger partial charge in [-0.15, -0.1) is 0 Å². The zero-order valence-corrected chi connectivity index (χ0v) is 15.6. The maximum Gasteiger partial charge on any atom is 0.261 e. The number of aryl methyl sites for hydroxylation is 3. The summed E-state index contributed by atoms with van der Waals surface area (Å²) in [7, 11) is 0. The summed E-state index contributed by atoms with van der Waals surface area (Å²) < 4.78 is 1.71. The molecule has 0 aliphatic heterocycles. The van der Waals surface area contributed by atoms with Crippen LogP contribution in [0.1, 0.15) is 33.6 Å². The molecule has 0 unspecified atom stereocenters. The maximum absolute atomic E-state index is 12.9. The Labute approximate surface area is 163 Å². The number of nitrogens with one attached hydrogen (secondary N) is 1. The summed E-state index contributed by atoms with van der Waals surface area (Å²) in [5.41, 5.74) is 7.36. The molecule has 1 aliphatic carbocycles. The molecule has 5 nitrogen and oxygen atoms in total. The van der Waals surface area contributed by atoms with E-state index in [1.807, 2.05) is 49.4 Å². The molecule has 0 radical (unpaired) electrons. The first-order valence-corrected chi connectivity index (χ1v) is 9.53. The Bertz CT molecular complexity index is 1190. The molecule has 4 aromatic rings. The van der Waals surface area contributed by atoms with Crippen LogP contribution in [0.3, 0.4) is 0 Å². The van der Waals surface area contributed by atoms with E-state index in [0.29, 0.717) is 11.2 Å². The highest BCUT2D eigenvalue weighted by Gasteiger charge is 2.18. The molecule has 0 saturated heterocycles. The molecule has 2 aromatic heterocycles. The SMILES string of the molecule is Cc1cc(-c2ccccc2)nc2c(C(=O)Nc3ccc4c(c3)CCC4)cnn12. The van der Waals surface area contributed by atoms with E-state index in [-0.39, 0.29) is 5.91 Å². The quantitative estimate of drug-likeness (QED) is 0.581. The zero-order chi connectivity index (χ0) is 19.1. The number of benzene rings is 2. The third kappa shape index (κ3) is 2.85. The lowest BCUT2D eigenvalue weighted by molar-refractivity contribution is 0.102. The number of anilines is 1. The van der Waals surface area contributed by atoms with Crippen molar-refractivity contribution >= 4 is 17.2 Å². The van der Waals surface area contributed by atoms with Gasteiger partial charge in [0.2, 0.25) is 0 Å². The summed E-state index contributed by atoms with van der Waals surface area (Å²) in [5.74, 6) is -0.190. The lowest BCUT2D eigenvalue weighted by atomic mass is 10.1. The smallest absolute Gasteiger partial charge is 0.261 e. The second kappa shape index (κ2) is 6.60. The number of rotatable bonds is 3. The Morgan fingerprint density at radius 1 is 1.04 bits per heavy atom. The number of amides is 1. The first-order valence-electron chi connectivity index (χ1n) is 9.53. The molecule has 138 valence electrons. The highest BCUT2D eigenvalue weighted by molar-refractivity contribution is 6.08. The van der Waals surface area contributed by atoms with Crippen LogP contribution >= 0.6 is 0 Å². The summed E-state index contributed by atoms with van der Waals surface area (Å²) in [5, 5.41) is 7.38. The molecule has 1 aliphatic rings. The van der Waals surface area contributed by atoms with Crippen LogP contribution in [-0.4, -0.2) is 20.5 Å². The van der Waals surface area contributed by atoms with Gasteiger partial charge in [0.15, 0.2) is 5.65 Å². The van der Waals surface area contributed by atoms with E-state index >= 15 is 0 Å². The number of aromatic nitrogens is 3. The molecule has 0 fully saturated rings. The number of hydrogen-bond acceptors (Lipinski definition) is 3. The van der Waals surface area contributed by atoms with E-state index < -0.39 is 0 Å². The molecule has 2 aromatic carbocycles. The summed E-state index contributed by atoms with van der Waals surface area (Å²) in [6.45, 7) is 1.97. The Hall–Kier alpha value is -3.47.